The molecule has 0 fully saturated rings. The molecule has 1 heterocycles. The zero-order valence-electron chi connectivity index (χ0n) is 10.8. The van der Waals surface area contributed by atoms with E-state index in [1.807, 2.05) is 31.2 Å². The van der Waals surface area contributed by atoms with Gasteiger partial charge >= 0.3 is 0 Å². The molecule has 0 atom stereocenters. The standard InChI is InChI=1S/C15H12ClN3O/c1-11-5-7-12(8-6-11)15-10-17-18(19(15)20)14-4-2-3-13(16)9-14/h2-10H,1H3. The molecule has 0 unspecified atom stereocenters. The van der Waals surface area contributed by atoms with Gasteiger partial charge in [0.25, 0.3) is 0 Å². The molecule has 1 aromatic heterocycles. The van der Waals surface area contributed by atoms with Crippen molar-refractivity contribution >= 4 is 11.6 Å². The lowest BCUT2D eigenvalue weighted by Crippen LogP contribution is -2.38. The van der Waals surface area contributed by atoms with Gasteiger partial charge in [-0.2, -0.15) is 0 Å². The summed E-state index contributed by atoms with van der Waals surface area (Å²) in [4.78, 5) is 2.04. The van der Waals surface area contributed by atoms with Gasteiger partial charge in [-0.25, -0.2) is 0 Å². The summed E-state index contributed by atoms with van der Waals surface area (Å²) in [6, 6.07) is 14.8. The van der Waals surface area contributed by atoms with Crippen LogP contribution in [0.4, 0.5) is 0 Å². The van der Waals surface area contributed by atoms with E-state index in [0.29, 0.717) is 16.4 Å². The van der Waals surface area contributed by atoms with E-state index in [2.05, 4.69) is 5.10 Å². The highest BCUT2D eigenvalue weighted by Crippen LogP contribution is 2.17. The first-order valence-corrected chi connectivity index (χ1v) is 6.54. The largest absolute Gasteiger partial charge is 0.692 e. The highest BCUT2D eigenvalue weighted by molar-refractivity contribution is 6.30. The van der Waals surface area contributed by atoms with Gasteiger partial charge in [-0.1, -0.05) is 47.5 Å². The predicted octanol–water partition coefficient (Wildman–Crippen LogP) is 3.13. The van der Waals surface area contributed by atoms with Crippen LogP contribution >= 0.6 is 11.6 Å². The van der Waals surface area contributed by atoms with E-state index in [4.69, 9.17) is 11.6 Å². The quantitative estimate of drug-likeness (QED) is 0.536. The molecule has 3 aromatic rings. The maximum Gasteiger partial charge on any atom is 0.215 e. The molecule has 0 bridgehead atoms. The summed E-state index contributed by atoms with van der Waals surface area (Å²) in [5, 5.41) is 17.0. The van der Waals surface area contributed by atoms with Gasteiger partial charge in [-0.15, -0.1) is 4.85 Å². The molecule has 0 spiro atoms. The van der Waals surface area contributed by atoms with Crippen molar-refractivity contribution in [1.29, 1.82) is 0 Å². The van der Waals surface area contributed by atoms with Crippen LogP contribution in [0.1, 0.15) is 5.56 Å². The molecule has 0 amide bonds. The summed E-state index contributed by atoms with van der Waals surface area (Å²) in [5.41, 5.74) is 3.11. The zero-order chi connectivity index (χ0) is 14.1. The van der Waals surface area contributed by atoms with Crippen LogP contribution in [0.3, 0.4) is 0 Å². The Kier molecular flexibility index (Phi) is 3.16. The van der Waals surface area contributed by atoms with Gasteiger partial charge in [0, 0.05) is 15.7 Å². The van der Waals surface area contributed by atoms with Crippen molar-refractivity contribution in [3.05, 3.63) is 70.5 Å². The Morgan fingerprint density at radius 2 is 1.90 bits per heavy atom. The third kappa shape index (κ3) is 2.26. The fourth-order valence-corrected chi connectivity index (χ4v) is 2.17. The van der Waals surface area contributed by atoms with E-state index in [1.165, 1.54) is 4.80 Å². The molecular formula is C15H12ClN3O. The fourth-order valence-electron chi connectivity index (χ4n) is 1.99. The van der Waals surface area contributed by atoms with Crippen molar-refractivity contribution in [2.24, 2.45) is 0 Å². The number of benzene rings is 2. The molecule has 0 aliphatic rings. The summed E-state index contributed by atoms with van der Waals surface area (Å²) in [6.45, 7) is 2.00. The second kappa shape index (κ2) is 4.98. The summed E-state index contributed by atoms with van der Waals surface area (Å²) >= 11 is 5.94. The molecule has 20 heavy (non-hydrogen) atoms. The summed E-state index contributed by atoms with van der Waals surface area (Å²) < 4.78 is 0. The van der Waals surface area contributed by atoms with Gasteiger partial charge in [0.1, 0.15) is 5.69 Å². The van der Waals surface area contributed by atoms with Crippen molar-refractivity contribution in [3.63, 3.8) is 0 Å². The molecule has 5 heteroatoms. The average molecular weight is 286 g/mol. The molecule has 0 aliphatic heterocycles. The number of halogens is 1. The lowest BCUT2D eigenvalue weighted by atomic mass is 10.1. The van der Waals surface area contributed by atoms with Crippen LogP contribution in [-0.2, 0) is 0 Å². The Morgan fingerprint density at radius 3 is 2.60 bits per heavy atom. The molecule has 4 nitrogen and oxygen atoms in total. The lowest BCUT2D eigenvalue weighted by molar-refractivity contribution is -0.678. The van der Waals surface area contributed by atoms with Gasteiger partial charge in [-0.05, 0) is 29.9 Å². The Morgan fingerprint density at radius 1 is 1.15 bits per heavy atom. The molecule has 0 saturated heterocycles. The maximum atomic E-state index is 12.3. The molecule has 0 N–H and O–H groups in total. The van der Waals surface area contributed by atoms with E-state index >= 15 is 0 Å². The van der Waals surface area contributed by atoms with Gasteiger partial charge in [0.05, 0.1) is 0 Å². The Balaban J connectivity index is 2.07. The Hall–Kier alpha value is -2.33. The molecular weight excluding hydrogens is 274 g/mol. The average Bonchev–Trinajstić information content (AvgIpc) is 2.82. The van der Waals surface area contributed by atoms with Gasteiger partial charge < -0.3 is 5.21 Å². The Labute approximate surface area is 121 Å². The van der Waals surface area contributed by atoms with Crippen LogP contribution in [0.15, 0.2) is 54.7 Å². The minimum Gasteiger partial charge on any atom is -0.692 e. The van der Waals surface area contributed by atoms with E-state index in [-0.39, 0.29) is 0 Å². The van der Waals surface area contributed by atoms with Crippen molar-refractivity contribution in [2.75, 3.05) is 0 Å². The topological polar surface area (TPSA) is 44.8 Å². The smallest absolute Gasteiger partial charge is 0.215 e. The van der Waals surface area contributed by atoms with Gasteiger partial charge in [-0.3, -0.25) is 0 Å². The van der Waals surface area contributed by atoms with E-state index in [1.54, 1.807) is 30.5 Å². The second-order valence-corrected chi connectivity index (χ2v) is 4.97. The highest BCUT2D eigenvalue weighted by atomic mass is 35.5. The van der Waals surface area contributed by atoms with E-state index < -0.39 is 0 Å². The number of aryl methyl sites for hydroxylation is 1. The molecule has 2 aromatic carbocycles. The molecule has 0 aliphatic carbocycles. The zero-order valence-corrected chi connectivity index (χ0v) is 11.6. The van der Waals surface area contributed by atoms with Crippen molar-refractivity contribution in [1.82, 2.24) is 9.90 Å². The summed E-state index contributed by atoms with van der Waals surface area (Å²) in [6.07, 6.45) is 1.55. The van der Waals surface area contributed by atoms with Gasteiger partial charge in [0.15, 0.2) is 0 Å². The third-order valence-corrected chi connectivity index (χ3v) is 3.29. The van der Waals surface area contributed by atoms with Crippen molar-refractivity contribution in [2.45, 2.75) is 6.92 Å². The van der Waals surface area contributed by atoms with Crippen LogP contribution in [-0.4, -0.2) is 9.90 Å². The van der Waals surface area contributed by atoms with E-state index in [9.17, 15) is 5.21 Å². The molecule has 100 valence electrons. The number of nitrogens with zero attached hydrogens (tertiary/aromatic N) is 3. The summed E-state index contributed by atoms with van der Waals surface area (Å²) in [7, 11) is 0. The number of aromatic nitrogens is 3. The molecule has 3 rings (SSSR count). The first-order chi connectivity index (χ1) is 9.65. The molecule has 0 radical (unpaired) electrons. The van der Waals surface area contributed by atoms with E-state index in [0.717, 1.165) is 16.0 Å². The summed E-state index contributed by atoms with van der Waals surface area (Å²) in [5.74, 6) is 0. The minimum atomic E-state index is 0.505. The number of hydrogen-bond acceptors (Lipinski definition) is 2. The SMILES string of the molecule is Cc1ccc(-c2cnn(-c3cccc(Cl)c3)[n+]2[O-])cc1. The number of hydrogen-bond donors (Lipinski definition) is 0. The first-order valence-electron chi connectivity index (χ1n) is 6.16. The van der Waals surface area contributed by atoms with Crippen LogP contribution in [0.25, 0.3) is 16.9 Å². The number of rotatable bonds is 2. The van der Waals surface area contributed by atoms with Crippen LogP contribution in [0.2, 0.25) is 5.02 Å². The molecule has 0 saturated carbocycles. The minimum absolute atomic E-state index is 0.505. The second-order valence-electron chi connectivity index (χ2n) is 4.54. The predicted molar refractivity (Wildman–Crippen MR) is 77.7 cm³/mol. The third-order valence-electron chi connectivity index (χ3n) is 3.05. The van der Waals surface area contributed by atoms with Crippen LogP contribution in [0, 0.1) is 12.1 Å². The highest BCUT2D eigenvalue weighted by Gasteiger charge is 2.15. The lowest BCUT2D eigenvalue weighted by Gasteiger charge is -2.07. The van der Waals surface area contributed by atoms with Gasteiger partial charge in [0.2, 0.25) is 11.9 Å². The van der Waals surface area contributed by atoms with Crippen molar-refractivity contribution < 1.29 is 4.85 Å². The Bertz CT molecular complexity index is 750. The first kappa shape index (κ1) is 12.7. The normalized spacial score (nSPS) is 10.7. The van der Waals surface area contributed by atoms with Crippen LogP contribution < -0.4 is 4.85 Å². The van der Waals surface area contributed by atoms with Crippen molar-refractivity contribution in [3.8, 4) is 16.9 Å². The monoisotopic (exact) mass is 285 g/mol. The fraction of sp³-hybridized carbons (Fsp3) is 0.0667. The van der Waals surface area contributed by atoms with Crippen LogP contribution in [0.5, 0.6) is 0 Å². The maximum absolute atomic E-state index is 12.3.